The number of esters is 1. The molecule has 1 saturated heterocycles. The van der Waals surface area contributed by atoms with Crippen LogP contribution in [0.25, 0.3) is 0 Å². The van der Waals surface area contributed by atoms with Gasteiger partial charge in [-0.1, -0.05) is 0 Å². The van der Waals surface area contributed by atoms with Crippen LogP contribution >= 0.6 is 0 Å². The first kappa shape index (κ1) is 14.0. The van der Waals surface area contributed by atoms with E-state index in [1.165, 1.54) is 12.7 Å². The first-order valence-electron chi connectivity index (χ1n) is 6.53. The van der Waals surface area contributed by atoms with Gasteiger partial charge in [0, 0.05) is 32.0 Å². The molecule has 19 heavy (non-hydrogen) atoms. The Hall–Kier alpha value is -1.46. The first-order chi connectivity index (χ1) is 9.19. The maximum Gasteiger partial charge on any atom is 0.336 e. The minimum atomic E-state index is -0.466. The predicted molar refractivity (Wildman–Crippen MR) is 70.7 cm³/mol. The smallest absolute Gasteiger partial charge is 0.336 e. The van der Waals surface area contributed by atoms with Gasteiger partial charge in [-0.05, 0) is 31.0 Å². The number of carbonyl (C=O) groups is 1. The van der Waals surface area contributed by atoms with Crippen LogP contribution in [0.5, 0.6) is 0 Å². The van der Waals surface area contributed by atoms with Crippen molar-refractivity contribution < 1.29 is 14.3 Å². The van der Waals surface area contributed by atoms with E-state index in [1.54, 1.807) is 12.4 Å². The van der Waals surface area contributed by atoms with E-state index in [4.69, 9.17) is 9.47 Å². The van der Waals surface area contributed by atoms with Crippen LogP contribution in [0.4, 0.5) is 0 Å². The molecule has 0 radical (unpaired) electrons. The van der Waals surface area contributed by atoms with Gasteiger partial charge in [0.25, 0.3) is 0 Å². The lowest BCUT2D eigenvalue weighted by Crippen LogP contribution is -2.50. The molecule has 0 amide bonds. The van der Waals surface area contributed by atoms with Crippen molar-refractivity contribution in [1.82, 2.24) is 9.88 Å². The number of ether oxygens (including phenoxy) is 2. The zero-order valence-corrected chi connectivity index (χ0v) is 11.4. The van der Waals surface area contributed by atoms with E-state index in [-0.39, 0.29) is 12.1 Å². The molecule has 0 bridgehead atoms. The molecule has 2 heterocycles. The molecule has 1 aliphatic heterocycles. The molecule has 0 spiro atoms. The summed E-state index contributed by atoms with van der Waals surface area (Å²) in [7, 11) is 1.40. The maximum absolute atomic E-state index is 11.6. The number of hydrogen-bond acceptors (Lipinski definition) is 5. The lowest BCUT2D eigenvalue weighted by molar-refractivity contribution is -0.166. The van der Waals surface area contributed by atoms with Crippen molar-refractivity contribution in [2.24, 2.45) is 0 Å². The van der Waals surface area contributed by atoms with Crippen molar-refractivity contribution in [3.63, 3.8) is 0 Å². The third kappa shape index (κ3) is 4.01. The number of carbonyl (C=O) groups excluding carboxylic acids is 1. The number of hydrogen-bond donors (Lipinski definition) is 0. The van der Waals surface area contributed by atoms with Gasteiger partial charge in [0.15, 0.2) is 6.10 Å². The van der Waals surface area contributed by atoms with Crippen molar-refractivity contribution in [3.05, 3.63) is 30.1 Å². The zero-order chi connectivity index (χ0) is 13.7. The lowest BCUT2D eigenvalue weighted by Gasteiger charge is -2.35. The Morgan fingerprint density at radius 2 is 2.21 bits per heavy atom. The SMILES string of the molecule is COC(=O)[C@@H]1CN(CCc2ccncc2)C[C@@H](C)O1. The molecule has 0 unspecified atom stereocenters. The molecule has 0 aromatic carbocycles. The van der Waals surface area contributed by atoms with Crippen LogP contribution in [0.3, 0.4) is 0 Å². The van der Waals surface area contributed by atoms with Crippen molar-refractivity contribution in [1.29, 1.82) is 0 Å². The molecule has 2 rings (SSSR count). The van der Waals surface area contributed by atoms with E-state index >= 15 is 0 Å². The Balaban J connectivity index is 1.87. The number of aromatic nitrogens is 1. The normalized spacial score (nSPS) is 24.1. The lowest BCUT2D eigenvalue weighted by atomic mass is 10.1. The van der Waals surface area contributed by atoms with E-state index in [0.717, 1.165) is 19.5 Å². The fourth-order valence-corrected chi connectivity index (χ4v) is 2.32. The minimum Gasteiger partial charge on any atom is -0.467 e. The summed E-state index contributed by atoms with van der Waals surface area (Å²) < 4.78 is 10.3. The van der Waals surface area contributed by atoms with Crippen LogP contribution in [-0.4, -0.2) is 54.8 Å². The fourth-order valence-electron chi connectivity index (χ4n) is 2.32. The summed E-state index contributed by atoms with van der Waals surface area (Å²) in [4.78, 5) is 17.8. The summed E-state index contributed by atoms with van der Waals surface area (Å²) in [6.45, 7) is 4.33. The number of morpholine rings is 1. The van der Waals surface area contributed by atoms with Crippen molar-refractivity contribution >= 4 is 5.97 Å². The second-order valence-electron chi connectivity index (χ2n) is 4.82. The molecule has 1 aromatic rings. The number of methoxy groups -OCH3 is 1. The van der Waals surface area contributed by atoms with Crippen LogP contribution in [0.2, 0.25) is 0 Å². The van der Waals surface area contributed by atoms with E-state index in [2.05, 4.69) is 9.88 Å². The van der Waals surface area contributed by atoms with E-state index < -0.39 is 6.10 Å². The van der Waals surface area contributed by atoms with Crippen LogP contribution in [0, 0.1) is 0 Å². The Bertz CT molecular complexity index is 410. The molecule has 0 aliphatic carbocycles. The average molecular weight is 264 g/mol. The molecule has 2 atom stereocenters. The number of rotatable bonds is 4. The Morgan fingerprint density at radius 3 is 2.89 bits per heavy atom. The summed E-state index contributed by atoms with van der Waals surface area (Å²) in [5.74, 6) is -0.291. The van der Waals surface area contributed by atoms with Crippen LogP contribution in [0.1, 0.15) is 12.5 Å². The molecule has 1 aliphatic rings. The molecule has 0 N–H and O–H groups in total. The van der Waals surface area contributed by atoms with Crippen LogP contribution in [0.15, 0.2) is 24.5 Å². The van der Waals surface area contributed by atoms with Gasteiger partial charge in [-0.15, -0.1) is 0 Å². The first-order valence-corrected chi connectivity index (χ1v) is 6.53. The largest absolute Gasteiger partial charge is 0.467 e. The van der Waals surface area contributed by atoms with Gasteiger partial charge >= 0.3 is 5.97 Å². The van der Waals surface area contributed by atoms with E-state index in [9.17, 15) is 4.79 Å². The highest BCUT2D eigenvalue weighted by Gasteiger charge is 2.30. The van der Waals surface area contributed by atoms with Gasteiger partial charge in [0.1, 0.15) is 0 Å². The van der Waals surface area contributed by atoms with Gasteiger partial charge in [-0.3, -0.25) is 9.88 Å². The summed E-state index contributed by atoms with van der Waals surface area (Å²) in [6, 6.07) is 4.03. The summed E-state index contributed by atoms with van der Waals surface area (Å²) in [5, 5.41) is 0. The molecule has 1 fully saturated rings. The molecule has 1 aromatic heterocycles. The quantitative estimate of drug-likeness (QED) is 0.756. The fraction of sp³-hybridized carbons (Fsp3) is 0.571. The number of nitrogens with zero attached hydrogens (tertiary/aromatic N) is 2. The Morgan fingerprint density at radius 1 is 1.47 bits per heavy atom. The number of pyridine rings is 1. The maximum atomic E-state index is 11.6. The molecular weight excluding hydrogens is 244 g/mol. The molecule has 5 heteroatoms. The van der Waals surface area contributed by atoms with Gasteiger partial charge in [-0.25, -0.2) is 4.79 Å². The van der Waals surface area contributed by atoms with E-state index in [0.29, 0.717) is 6.54 Å². The molecule has 0 saturated carbocycles. The molecule has 5 nitrogen and oxygen atoms in total. The summed E-state index contributed by atoms with van der Waals surface area (Å²) >= 11 is 0. The summed E-state index contributed by atoms with van der Waals surface area (Å²) in [5.41, 5.74) is 1.25. The Labute approximate surface area is 113 Å². The van der Waals surface area contributed by atoms with Gasteiger partial charge in [-0.2, -0.15) is 0 Å². The van der Waals surface area contributed by atoms with Gasteiger partial charge < -0.3 is 9.47 Å². The highest BCUT2D eigenvalue weighted by Crippen LogP contribution is 2.13. The monoisotopic (exact) mass is 264 g/mol. The van der Waals surface area contributed by atoms with Crippen LogP contribution in [-0.2, 0) is 20.7 Å². The van der Waals surface area contributed by atoms with E-state index in [1.807, 2.05) is 19.1 Å². The second kappa shape index (κ2) is 6.63. The summed E-state index contributed by atoms with van der Waals surface area (Å²) in [6.07, 6.45) is 4.13. The van der Waals surface area contributed by atoms with Crippen molar-refractivity contribution in [2.75, 3.05) is 26.7 Å². The topological polar surface area (TPSA) is 51.7 Å². The van der Waals surface area contributed by atoms with Crippen molar-refractivity contribution in [2.45, 2.75) is 25.6 Å². The van der Waals surface area contributed by atoms with Gasteiger partial charge in [0.2, 0.25) is 0 Å². The predicted octanol–water partition coefficient (Wildman–Crippen LogP) is 0.886. The molecule has 104 valence electrons. The minimum absolute atomic E-state index is 0.0512. The standard InChI is InChI=1S/C14H20N2O3/c1-11-9-16(10-13(19-11)14(17)18-2)8-5-12-3-6-15-7-4-12/h3-4,6-7,11,13H,5,8-10H2,1-2H3/t11-,13+/m1/s1. The highest BCUT2D eigenvalue weighted by molar-refractivity contribution is 5.74. The average Bonchev–Trinajstić information content (AvgIpc) is 2.45. The highest BCUT2D eigenvalue weighted by atomic mass is 16.6. The third-order valence-corrected chi connectivity index (χ3v) is 3.27. The second-order valence-corrected chi connectivity index (χ2v) is 4.82. The van der Waals surface area contributed by atoms with Gasteiger partial charge in [0.05, 0.1) is 13.2 Å². The molecular formula is C14H20N2O3. The van der Waals surface area contributed by atoms with Crippen LogP contribution < -0.4 is 0 Å². The zero-order valence-electron chi connectivity index (χ0n) is 11.4. The Kier molecular flexibility index (Phi) is 4.87. The third-order valence-electron chi connectivity index (χ3n) is 3.27. The van der Waals surface area contributed by atoms with Crippen molar-refractivity contribution in [3.8, 4) is 0 Å².